The molecule has 6 heteroatoms. The van der Waals surface area contributed by atoms with Gasteiger partial charge in [0, 0.05) is 11.6 Å². The zero-order valence-corrected chi connectivity index (χ0v) is 9.48. The van der Waals surface area contributed by atoms with Crippen LogP contribution in [0.2, 0.25) is 0 Å². The fourth-order valence-corrected chi connectivity index (χ4v) is 1.37. The first-order valence-corrected chi connectivity index (χ1v) is 5.09. The molecule has 2 aromatic rings. The van der Waals surface area contributed by atoms with Crippen molar-refractivity contribution >= 4 is 5.69 Å². The van der Waals surface area contributed by atoms with E-state index < -0.39 is 11.6 Å². The summed E-state index contributed by atoms with van der Waals surface area (Å²) < 4.78 is 31.5. The lowest BCUT2D eigenvalue weighted by atomic mass is 10.2. The van der Waals surface area contributed by atoms with Gasteiger partial charge in [-0.2, -0.15) is 0 Å². The molecule has 0 bridgehead atoms. The Labute approximate surface area is 102 Å². The van der Waals surface area contributed by atoms with E-state index in [9.17, 15) is 14.0 Å². The standard InChI is InChI=1S/C12H10F2N2O2/c1-7-6-16(17)12(5-10(7)15)18-11-3-2-8(13)4-9(11)14/h2-6H,15H2,1H3. The van der Waals surface area contributed by atoms with E-state index >= 15 is 0 Å². The van der Waals surface area contributed by atoms with Crippen LogP contribution in [-0.4, -0.2) is 0 Å². The third-order valence-electron chi connectivity index (χ3n) is 2.37. The molecule has 0 atom stereocenters. The minimum absolute atomic E-state index is 0.177. The van der Waals surface area contributed by atoms with E-state index in [1.165, 1.54) is 12.3 Å². The molecule has 0 fully saturated rings. The summed E-state index contributed by atoms with van der Waals surface area (Å²) in [4.78, 5) is 0. The van der Waals surface area contributed by atoms with Crippen LogP contribution in [0, 0.1) is 23.8 Å². The third-order valence-corrected chi connectivity index (χ3v) is 2.37. The van der Waals surface area contributed by atoms with Gasteiger partial charge in [-0.05, 0) is 19.1 Å². The smallest absolute Gasteiger partial charge is 0.387 e. The fourth-order valence-electron chi connectivity index (χ4n) is 1.37. The van der Waals surface area contributed by atoms with Gasteiger partial charge in [-0.1, -0.05) is 0 Å². The van der Waals surface area contributed by atoms with Gasteiger partial charge >= 0.3 is 5.88 Å². The Morgan fingerprint density at radius 3 is 2.67 bits per heavy atom. The maximum atomic E-state index is 13.3. The second kappa shape index (κ2) is 4.48. The number of nitrogen functional groups attached to an aromatic ring is 1. The fraction of sp³-hybridized carbons (Fsp3) is 0.0833. The molecule has 1 aromatic carbocycles. The van der Waals surface area contributed by atoms with E-state index in [1.807, 2.05) is 0 Å². The highest BCUT2D eigenvalue weighted by molar-refractivity contribution is 5.46. The molecule has 4 nitrogen and oxygen atoms in total. The summed E-state index contributed by atoms with van der Waals surface area (Å²) in [5.41, 5.74) is 6.55. The lowest BCUT2D eigenvalue weighted by Gasteiger charge is -2.08. The van der Waals surface area contributed by atoms with Crippen molar-refractivity contribution in [2.24, 2.45) is 0 Å². The van der Waals surface area contributed by atoms with Crippen molar-refractivity contribution in [3.63, 3.8) is 0 Å². The molecule has 0 radical (unpaired) electrons. The molecule has 0 amide bonds. The van der Waals surface area contributed by atoms with Gasteiger partial charge in [0.25, 0.3) is 0 Å². The van der Waals surface area contributed by atoms with Crippen molar-refractivity contribution in [3.8, 4) is 11.6 Å². The quantitative estimate of drug-likeness (QED) is 0.658. The van der Waals surface area contributed by atoms with Crippen LogP contribution in [0.25, 0.3) is 0 Å². The van der Waals surface area contributed by atoms with Gasteiger partial charge in [0.15, 0.2) is 17.8 Å². The van der Waals surface area contributed by atoms with Gasteiger partial charge < -0.3 is 15.7 Å². The molecule has 94 valence electrons. The van der Waals surface area contributed by atoms with Crippen molar-refractivity contribution in [1.29, 1.82) is 0 Å². The number of halogens is 2. The number of hydrogen-bond donors (Lipinski definition) is 1. The summed E-state index contributed by atoms with van der Waals surface area (Å²) in [6.45, 7) is 1.66. The molecule has 2 N–H and O–H groups in total. The third kappa shape index (κ3) is 2.32. The molecule has 1 heterocycles. The van der Waals surface area contributed by atoms with Crippen LogP contribution < -0.4 is 15.2 Å². The summed E-state index contributed by atoms with van der Waals surface area (Å²) in [6, 6.07) is 4.08. The Bertz CT molecular complexity index is 603. The van der Waals surface area contributed by atoms with Crippen molar-refractivity contribution in [2.75, 3.05) is 5.73 Å². The minimum Gasteiger partial charge on any atom is -0.616 e. The van der Waals surface area contributed by atoms with Crippen LogP contribution in [0.15, 0.2) is 30.5 Å². The lowest BCUT2D eigenvalue weighted by molar-refractivity contribution is -0.611. The largest absolute Gasteiger partial charge is 0.616 e. The van der Waals surface area contributed by atoms with Crippen LogP contribution in [0.1, 0.15) is 5.56 Å². The summed E-state index contributed by atoms with van der Waals surface area (Å²) in [7, 11) is 0. The predicted octanol–water partition coefficient (Wildman–Crippen LogP) is 2.28. The first kappa shape index (κ1) is 12.1. The molecule has 18 heavy (non-hydrogen) atoms. The van der Waals surface area contributed by atoms with Crippen LogP contribution in [0.4, 0.5) is 14.5 Å². The number of aromatic nitrogens is 1. The molecule has 0 aliphatic carbocycles. The lowest BCUT2D eigenvalue weighted by Crippen LogP contribution is -2.28. The second-order valence-corrected chi connectivity index (χ2v) is 3.75. The number of benzene rings is 1. The maximum absolute atomic E-state index is 13.3. The van der Waals surface area contributed by atoms with E-state index in [1.54, 1.807) is 6.92 Å². The maximum Gasteiger partial charge on any atom is 0.387 e. The molecule has 1 aromatic heterocycles. The summed E-state index contributed by atoms with van der Waals surface area (Å²) in [5.74, 6) is -2.04. The van der Waals surface area contributed by atoms with Crippen LogP contribution in [0.3, 0.4) is 0 Å². The van der Waals surface area contributed by atoms with Crippen molar-refractivity contribution in [3.05, 3.63) is 52.9 Å². The Morgan fingerprint density at radius 2 is 2.00 bits per heavy atom. The first-order chi connectivity index (χ1) is 8.47. The van der Waals surface area contributed by atoms with Gasteiger partial charge in [0.2, 0.25) is 0 Å². The molecule has 0 unspecified atom stereocenters. The molecule has 0 saturated carbocycles. The Balaban J connectivity index is 2.37. The second-order valence-electron chi connectivity index (χ2n) is 3.75. The van der Waals surface area contributed by atoms with Crippen LogP contribution in [0.5, 0.6) is 11.6 Å². The normalized spacial score (nSPS) is 10.4. The van der Waals surface area contributed by atoms with E-state index in [-0.39, 0.29) is 11.6 Å². The van der Waals surface area contributed by atoms with Gasteiger partial charge in [-0.3, -0.25) is 0 Å². The summed E-state index contributed by atoms with van der Waals surface area (Å²) >= 11 is 0. The van der Waals surface area contributed by atoms with Gasteiger partial charge in [-0.25, -0.2) is 8.78 Å². The van der Waals surface area contributed by atoms with E-state index in [2.05, 4.69) is 0 Å². The number of hydrogen-bond acceptors (Lipinski definition) is 3. The summed E-state index contributed by atoms with van der Waals surface area (Å²) in [5, 5.41) is 11.5. The average molecular weight is 252 g/mol. The van der Waals surface area contributed by atoms with E-state index in [0.29, 0.717) is 22.0 Å². The molecule has 0 spiro atoms. The number of ether oxygens (including phenoxy) is 1. The highest BCUT2D eigenvalue weighted by Crippen LogP contribution is 2.24. The zero-order chi connectivity index (χ0) is 13.3. The molecule has 0 aliphatic heterocycles. The SMILES string of the molecule is Cc1c[n+]([O-])c(Oc2ccc(F)cc2F)cc1N. The summed E-state index contributed by atoms with van der Waals surface area (Å²) in [6.07, 6.45) is 1.21. The van der Waals surface area contributed by atoms with Gasteiger partial charge in [-0.15, -0.1) is 4.73 Å². The first-order valence-electron chi connectivity index (χ1n) is 5.09. The molecular formula is C12H10F2N2O2. The van der Waals surface area contributed by atoms with Crippen molar-refractivity contribution < 1.29 is 18.2 Å². The molecule has 2 rings (SSSR count). The van der Waals surface area contributed by atoms with Crippen LogP contribution in [-0.2, 0) is 0 Å². The minimum atomic E-state index is -0.894. The highest BCUT2D eigenvalue weighted by atomic mass is 19.1. The number of aryl methyl sites for hydroxylation is 1. The van der Waals surface area contributed by atoms with Gasteiger partial charge in [0.1, 0.15) is 5.82 Å². The zero-order valence-electron chi connectivity index (χ0n) is 9.48. The van der Waals surface area contributed by atoms with Gasteiger partial charge in [0.05, 0.1) is 11.8 Å². The monoisotopic (exact) mass is 252 g/mol. The Morgan fingerprint density at radius 1 is 1.28 bits per heavy atom. The Hall–Kier alpha value is -2.37. The number of pyridine rings is 1. The highest BCUT2D eigenvalue weighted by Gasteiger charge is 2.14. The predicted molar refractivity (Wildman–Crippen MR) is 61.0 cm³/mol. The Kier molecular flexibility index (Phi) is 3.01. The average Bonchev–Trinajstić information content (AvgIpc) is 2.29. The van der Waals surface area contributed by atoms with E-state index in [0.717, 1.165) is 12.1 Å². The molecule has 0 aliphatic rings. The molecule has 0 saturated heterocycles. The number of nitrogens with two attached hydrogens (primary N) is 1. The van der Waals surface area contributed by atoms with Crippen LogP contribution >= 0.6 is 0 Å². The van der Waals surface area contributed by atoms with E-state index in [4.69, 9.17) is 10.5 Å². The van der Waals surface area contributed by atoms with Crippen molar-refractivity contribution in [1.82, 2.24) is 0 Å². The number of rotatable bonds is 2. The molecular weight excluding hydrogens is 242 g/mol. The number of anilines is 1. The van der Waals surface area contributed by atoms with Crippen molar-refractivity contribution in [2.45, 2.75) is 6.92 Å². The topological polar surface area (TPSA) is 62.2 Å². The number of nitrogens with zero attached hydrogens (tertiary/aromatic N) is 1.